The monoisotopic (exact) mass is 355 g/mol. The quantitative estimate of drug-likeness (QED) is 0.706. The lowest BCUT2D eigenvalue weighted by Gasteiger charge is -2.24. The molecule has 136 valence electrons. The number of carbonyl (C=O) groups is 2. The van der Waals surface area contributed by atoms with Crippen LogP contribution in [0, 0.1) is 0 Å². The van der Waals surface area contributed by atoms with Crippen molar-refractivity contribution in [2.45, 2.75) is 19.0 Å². The van der Waals surface area contributed by atoms with E-state index < -0.39 is 6.04 Å². The van der Waals surface area contributed by atoms with Crippen LogP contribution in [0.25, 0.3) is 0 Å². The van der Waals surface area contributed by atoms with Gasteiger partial charge < -0.3 is 14.7 Å². The van der Waals surface area contributed by atoms with E-state index in [-0.39, 0.29) is 24.8 Å². The van der Waals surface area contributed by atoms with E-state index in [9.17, 15) is 14.7 Å². The summed E-state index contributed by atoms with van der Waals surface area (Å²) >= 11 is 0. The van der Waals surface area contributed by atoms with Gasteiger partial charge >= 0.3 is 0 Å². The number of benzene rings is 2. The Morgan fingerprint density at radius 3 is 2.42 bits per heavy atom. The van der Waals surface area contributed by atoms with E-state index in [1.54, 1.807) is 31.4 Å². The Morgan fingerprint density at radius 2 is 1.81 bits per heavy atom. The van der Waals surface area contributed by atoms with Gasteiger partial charge in [-0.3, -0.25) is 9.59 Å². The predicted octanol–water partition coefficient (Wildman–Crippen LogP) is 0.405. The molecule has 1 saturated heterocycles. The molecule has 2 aromatic rings. The molecule has 2 atom stereocenters. The molecule has 0 aliphatic carbocycles. The molecule has 0 radical (unpaired) electrons. The lowest BCUT2D eigenvalue weighted by atomic mass is 10.1. The first-order chi connectivity index (χ1) is 12.6. The largest absolute Gasteiger partial charge is 0.497 e. The van der Waals surface area contributed by atoms with Gasteiger partial charge in [0.25, 0.3) is 5.91 Å². The van der Waals surface area contributed by atoms with Gasteiger partial charge in [-0.1, -0.05) is 30.3 Å². The number of nitrogens with zero attached hydrogens (tertiary/aromatic N) is 1. The summed E-state index contributed by atoms with van der Waals surface area (Å²) in [6.07, 6.45) is 0.146. The Labute approximate surface area is 152 Å². The molecule has 1 fully saturated rings. The SMILES string of the molecule is COc1ccc(N2C(=O)C[C@H]([NH+](CCO)Cc3ccccc3)C2=O)cc1. The molecule has 2 aromatic carbocycles. The third-order valence-corrected chi connectivity index (χ3v) is 4.68. The van der Waals surface area contributed by atoms with Gasteiger partial charge in [0.2, 0.25) is 5.91 Å². The zero-order valence-electron chi connectivity index (χ0n) is 14.7. The number of ether oxygens (including phenoxy) is 1. The third-order valence-electron chi connectivity index (χ3n) is 4.68. The fourth-order valence-corrected chi connectivity index (χ4v) is 3.34. The van der Waals surface area contributed by atoms with E-state index in [4.69, 9.17) is 4.74 Å². The lowest BCUT2D eigenvalue weighted by Crippen LogP contribution is -3.16. The molecule has 1 aliphatic heterocycles. The maximum atomic E-state index is 12.9. The molecule has 2 amide bonds. The molecule has 0 saturated carbocycles. The van der Waals surface area contributed by atoms with Crippen LogP contribution in [-0.4, -0.2) is 43.2 Å². The molecule has 3 rings (SSSR count). The number of quaternary nitrogens is 1. The first-order valence-corrected chi connectivity index (χ1v) is 8.64. The number of hydrogen-bond acceptors (Lipinski definition) is 4. The van der Waals surface area contributed by atoms with Gasteiger partial charge in [-0.15, -0.1) is 0 Å². The van der Waals surface area contributed by atoms with Gasteiger partial charge in [0.15, 0.2) is 6.04 Å². The van der Waals surface area contributed by atoms with Gasteiger partial charge in [-0.05, 0) is 24.3 Å². The zero-order valence-corrected chi connectivity index (χ0v) is 14.7. The molecule has 6 heteroatoms. The standard InChI is InChI=1S/C20H22N2O4/c1-26-17-9-7-16(8-10-17)22-19(24)13-18(20(22)25)21(11-12-23)14-15-5-3-2-4-6-15/h2-10,18,23H,11-14H2,1H3/p+1/t18-/m0/s1. The zero-order chi connectivity index (χ0) is 18.5. The molecular weight excluding hydrogens is 332 g/mol. The van der Waals surface area contributed by atoms with Crippen molar-refractivity contribution in [3.05, 3.63) is 60.2 Å². The Balaban J connectivity index is 1.80. The minimum absolute atomic E-state index is 0.0390. The summed E-state index contributed by atoms with van der Waals surface area (Å²) in [5.74, 6) is 0.231. The van der Waals surface area contributed by atoms with Crippen LogP contribution in [0.5, 0.6) is 5.75 Å². The number of nitrogens with one attached hydrogen (secondary N) is 1. The fourth-order valence-electron chi connectivity index (χ4n) is 3.34. The predicted molar refractivity (Wildman–Crippen MR) is 97.0 cm³/mol. The molecule has 2 N–H and O–H groups in total. The van der Waals surface area contributed by atoms with Crippen molar-refractivity contribution < 1.29 is 24.3 Å². The molecular formula is C20H23N2O4+. The van der Waals surface area contributed by atoms with Gasteiger partial charge in [-0.25, -0.2) is 4.90 Å². The summed E-state index contributed by atoms with van der Waals surface area (Å²) < 4.78 is 5.12. The molecule has 26 heavy (non-hydrogen) atoms. The minimum Gasteiger partial charge on any atom is -0.497 e. The van der Waals surface area contributed by atoms with E-state index in [1.165, 1.54) is 4.90 Å². The number of anilines is 1. The highest BCUT2D eigenvalue weighted by Gasteiger charge is 2.45. The number of aliphatic hydroxyl groups excluding tert-OH is 1. The summed E-state index contributed by atoms with van der Waals surface area (Å²) in [6, 6.07) is 16.2. The first kappa shape index (κ1) is 18.1. The number of imide groups is 1. The van der Waals surface area contributed by atoms with Crippen molar-refractivity contribution in [1.82, 2.24) is 0 Å². The number of aliphatic hydroxyl groups is 1. The molecule has 1 heterocycles. The van der Waals surface area contributed by atoms with E-state index in [1.807, 2.05) is 30.3 Å². The van der Waals surface area contributed by atoms with Crippen molar-refractivity contribution in [2.24, 2.45) is 0 Å². The van der Waals surface area contributed by atoms with Gasteiger partial charge in [0.1, 0.15) is 18.8 Å². The minimum atomic E-state index is -0.489. The van der Waals surface area contributed by atoms with Crippen LogP contribution in [-0.2, 0) is 16.1 Å². The van der Waals surface area contributed by atoms with Crippen molar-refractivity contribution in [3.63, 3.8) is 0 Å². The fraction of sp³-hybridized carbons (Fsp3) is 0.300. The van der Waals surface area contributed by atoms with Crippen molar-refractivity contribution in [3.8, 4) is 5.75 Å². The summed E-state index contributed by atoms with van der Waals surface area (Å²) in [6.45, 7) is 0.958. The van der Waals surface area contributed by atoms with Crippen LogP contribution in [0.3, 0.4) is 0 Å². The molecule has 1 aliphatic rings. The molecule has 0 bridgehead atoms. The van der Waals surface area contributed by atoms with Crippen molar-refractivity contribution >= 4 is 17.5 Å². The highest BCUT2D eigenvalue weighted by atomic mass is 16.5. The topological polar surface area (TPSA) is 71.3 Å². The van der Waals surface area contributed by atoms with E-state index in [0.29, 0.717) is 24.5 Å². The second-order valence-electron chi connectivity index (χ2n) is 6.32. The van der Waals surface area contributed by atoms with Crippen LogP contribution in [0.2, 0.25) is 0 Å². The lowest BCUT2D eigenvalue weighted by molar-refractivity contribution is -0.928. The number of methoxy groups -OCH3 is 1. The summed E-state index contributed by atoms with van der Waals surface area (Å²) in [4.78, 5) is 27.6. The highest BCUT2D eigenvalue weighted by Crippen LogP contribution is 2.24. The summed E-state index contributed by atoms with van der Waals surface area (Å²) in [5, 5.41) is 9.42. The average molecular weight is 355 g/mol. The smallest absolute Gasteiger partial charge is 0.292 e. The van der Waals surface area contributed by atoms with Crippen LogP contribution < -0.4 is 14.5 Å². The van der Waals surface area contributed by atoms with Gasteiger partial charge in [0, 0.05) is 5.56 Å². The Bertz CT molecular complexity index is 761. The van der Waals surface area contributed by atoms with Crippen LogP contribution >= 0.6 is 0 Å². The van der Waals surface area contributed by atoms with Crippen molar-refractivity contribution in [1.29, 1.82) is 0 Å². The molecule has 0 spiro atoms. The Kier molecular flexibility index (Phi) is 5.65. The molecule has 6 nitrogen and oxygen atoms in total. The maximum Gasteiger partial charge on any atom is 0.292 e. The second kappa shape index (κ2) is 8.12. The number of hydrogen-bond donors (Lipinski definition) is 2. The van der Waals surface area contributed by atoms with Crippen molar-refractivity contribution in [2.75, 3.05) is 25.2 Å². The van der Waals surface area contributed by atoms with Crippen LogP contribution in [0.4, 0.5) is 5.69 Å². The van der Waals surface area contributed by atoms with Gasteiger partial charge in [0.05, 0.1) is 25.8 Å². The Hall–Kier alpha value is -2.70. The maximum absolute atomic E-state index is 12.9. The van der Waals surface area contributed by atoms with Crippen LogP contribution in [0.1, 0.15) is 12.0 Å². The summed E-state index contributed by atoms with van der Waals surface area (Å²) in [7, 11) is 1.57. The third kappa shape index (κ3) is 3.76. The molecule has 0 aromatic heterocycles. The summed E-state index contributed by atoms with van der Waals surface area (Å²) in [5.41, 5.74) is 1.62. The molecule has 1 unspecified atom stereocenters. The van der Waals surface area contributed by atoms with Gasteiger partial charge in [-0.2, -0.15) is 0 Å². The van der Waals surface area contributed by atoms with E-state index in [2.05, 4.69) is 0 Å². The normalized spacial score (nSPS) is 18.2. The Morgan fingerprint density at radius 1 is 1.12 bits per heavy atom. The van der Waals surface area contributed by atoms with E-state index in [0.717, 1.165) is 10.5 Å². The average Bonchev–Trinajstić information content (AvgIpc) is 2.96. The first-order valence-electron chi connectivity index (χ1n) is 8.64. The highest BCUT2D eigenvalue weighted by molar-refractivity contribution is 6.21. The van der Waals surface area contributed by atoms with E-state index >= 15 is 0 Å². The number of amides is 2. The second-order valence-corrected chi connectivity index (χ2v) is 6.32. The number of carbonyl (C=O) groups excluding carboxylic acids is 2. The van der Waals surface area contributed by atoms with Crippen LogP contribution in [0.15, 0.2) is 54.6 Å². The number of rotatable bonds is 7.